The van der Waals surface area contributed by atoms with Crippen molar-refractivity contribution in [2.24, 2.45) is 0 Å². The average molecular weight is 1070 g/mol. The number of hydrogen-bond donors (Lipinski definition) is 0. The van der Waals surface area contributed by atoms with Crippen LogP contribution in [0.2, 0.25) is 0 Å². The van der Waals surface area contributed by atoms with Crippen LogP contribution in [-0.4, -0.2) is 37.2 Å². The summed E-state index contributed by atoms with van der Waals surface area (Å²) < 4.78 is 16.9. The maximum atomic E-state index is 12.9. The molecule has 0 heterocycles. The summed E-state index contributed by atoms with van der Waals surface area (Å²) in [5.74, 6) is -0.889. The minimum Gasteiger partial charge on any atom is -0.462 e. The van der Waals surface area contributed by atoms with E-state index in [1.54, 1.807) is 0 Å². The molecule has 0 radical (unpaired) electrons. The summed E-state index contributed by atoms with van der Waals surface area (Å²) in [4.78, 5) is 38.3. The van der Waals surface area contributed by atoms with E-state index in [0.717, 1.165) is 103 Å². The van der Waals surface area contributed by atoms with Crippen LogP contribution in [0.3, 0.4) is 0 Å². The summed E-state index contributed by atoms with van der Waals surface area (Å²) >= 11 is 0. The molecule has 444 valence electrons. The largest absolute Gasteiger partial charge is 0.462 e. The molecule has 6 nitrogen and oxygen atoms in total. The van der Waals surface area contributed by atoms with E-state index in [1.165, 1.54) is 218 Å². The molecular weight excluding hydrogens is 937 g/mol. The maximum absolute atomic E-state index is 12.9. The molecule has 0 aromatic heterocycles. The number of esters is 3. The van der Waals surface area contributed by atoms with Crippen LogP contribution in [0, 0.1) is 0 Å². The van der Waals surface area contributed by atoms with Crippen molar-refractivity contribution in [2.75, 3.05) is 13.2 Å². The number of hydrogen-bond acceptors (Lipinski definition) is 6. The Morgan fingerprint density at radius 3 is 0.789 bits per heavy atom. The molecule has 0 aliphatic rings. The minimum atomic E-state index is -0.785. The fraction of sp³-hybridized carbons (Fsp3) is 0.843. The van der Waals surface area contributed by atoms with Gasteiger partial charge in [-0.15, -0.1) is 0 Å². The summed E-state index contributed by atoms with van der Waals surface area (Å²) in [6, 6.07) is 0. The molecule has 0 aliphatic heterocycles. The lowest BCUT2D eigenvalue weighted by Crippen LogP contribution is -2.30. The summed E-state index contributed by atoms with van der Waals surface area (Å²) in [6.07, 6.45) is 81.4. The third-order valence-electron chi connectivity index (χ3n) is 15.1. The van der Waals surface area contributed by atoms with Crippen LogP contribution in [-0.2, 0) is 28.6 Å². The molecule has 0 aliphatic carbocycles. The molecule has 0 rings (SSSR count). The van der Waals surface area contributed by atoms with E-state index in [1.807, 2.05) is 0 Å². The second kappa shape index (κ2) is 64.9. The summed E-state index contributed by atoms with van der Waals surface area (Å²) in [5, 5.41) is 0. The Balaban J connectivity index is 4.18. The molecule has 0 amide bonds. The van der Waals surface area contributed by atoms with Crippen molar-refractivity contribution in [2.45, 2.75) is 367 Å². The highest BCUT2D eigenvalue weighted by molar-refractivity contribution is 5.71. The van der Waals surface area contributed by atoms with Gasteiger partial charge in [0.05, 0.1) is 0 Å². The van der Waals surface area contributed by atoms with E-state index in [9.17, 15) is 14.4 Å². The van der Waals surface area contributed by atoms with Gasteiger partial charge in [-0.2, -0.15) is 0 Å². The SMILES string of the molecule is CCCC/C=C\C/C=C\CCCCCCCC(=O)OCC(COC(=O)CCCCCCCCCCCCCCCCCCCCCCCCCCCCCCC)OC(=O)CCCCCCC/C=C\C/C=C\CCCCC. The molecular formula is C70H128O6. The van der Waals surface area contributed by atoms with Crippen LogP contribution in [0.15, 0.2) is 48.6 Å². The van der Waals surface area contributed by atoms with Gasteiger partial charge >= 0.3 is 17.9 Å². The predicted octanol–water partition coefficient (Wildman–Crippen LogP) is 22.9. The van der Waals surface area contributed by atoms with Crippen molar-refractivity contribution in [3.63, 3.8) is 0 Å². The van der Waals surface area contributed by atoms with E-state index in [0.29, 0.717) is 19.3 Å². The zero-order valence-electron chi connectivity index (χ0n) is 51.0. The molecule has 0 aromatic rings. The van der Waals surface area contributed by atoms with Crippen LogP contribution < -0.4 is 0 Å². The molecule has 1 atom stereocenters. The van der Waals surface area contributed by atoms with Gasteiger partial charge in [0.1, 0.15) is 13.2 Å². The van der Waals surface area contributed by atoms with Crippen LogP contribution in [0.5, 0.6) is 0 Å². The Morgan fingerprint density at radius 1 is 0.263 bits per heavy atom. The van der Waals surface area contributed by atoms with E-state index >= 15 is 0 Å². The highest BCUT2D eigenvalue weighted by Crippen LogP contribution is 2.18. The smallest absolute Gasteiger partial charge is 0.306 e. The standard InChI is InChI=1S/C70H128O6/c1-4-7-10-13-16-19-22-25-28-29-30-31-32-33-34-35-36-37-38-39-40-41-43-45-48-51-54-57-60-63-69(72)75-66-67(65-74-68(71)62-59-56-53-50-47-44-27-24-21-18-15-12-9-6-3)76-70(73)64-61-58-55-52-49-46-42-26-23-20-17-14-11-8-5-2/h15,17-18,20,24,26-27,42,67H,4-14,16,19,21-23,25,28-41,43-66H2,1-3H3/b18-15-,20-17-,27-24-,42-26-. The number of carbonyl (C=O) groups excluding carboxylic acids is 3. The zero-order chi connectivity index (χ0) is 55.0. The molecule has 0 saturated carbocycles. The Labute approximate surface area is 473 Å². The first-order chi connectivity index (χ1) is 37.5. The lowest BCUT2D eigenvalue weighted by atomic mass is 10.0. The molecule has 76 heavy (non-hydrogen) atoms. The van der Waals surface area contributed by atoms with Gasteiger partial charge in [-0.1, -0.05) is 313 Å². The molecule has 0 spiro atoms. The van der Waals surface area contributed by atoms with Gasteiger partial charge in [-0.05, 0) is 77.0 Å². The molecule has 6 heteroatoms. The van der Waals surface area contributed by atoms with Crippen LogP contribution >= 0.6 is 0 Å². The van der Waals surface area contributed by atoms with E-state index in [2.05, 4.69) is 69.4 Å². The number of carbonyl (C=O) groups is 3. The third-order valence-corrected chi connectivity index (χ3v) is 15.1. The van der Waals surface area contributed by atoms with E-state index in [-0.39, 0.29) is 31.1 Å². The fourth-order valence-corrected chi connectivity index (χ4v) is 9.96. The van der Waals surface area contributed by atoms with Crippen LogP contribution in [0.4, 0.5) is 0 Å². The predicted molar refractivity (Wildman–Crippen MR) is 330 cm³/mol. The molecule has 0 aromatic carbocycles. The van der Waals surface area contributed by atoms with Gasteiger partial charge in [0.25, 0.3) is 0 Å². The lowest BCUT2D eigenvalue weighted by molar-refractivity contribution is -0.167. The van der Waals surface area contributed by atoms with Gasteiger partial charge in [-0.25, -0.2) is 0 Å². The zero-order valence-corrected chi connectivity index (χ0v) is 51.0. The monoisotopic (exact) mass is 1060 g/mol. The molecule has 0 N–H and O–H groups in total. The summed E-state index contributed by atoms with van der Waals surface area (Å²) in [7, 11) is 0. The number of rotatable bonds is 62. The first-order valence-electron chi connectivity index (χ1n) is 33.6. The van der Waals surface area contributed by atoms with E-state index in [4.69, 9.17) is 14.2 Å². The lowest BCUT2D eigenvalue weighted by Gasteiger charge is -2.18. The first kappa shape index (κ1) is 73.4. The summed E-state index contributed by atoms with van der Waals surface area (Å²) in [5.41, 5.74) is 0. The minimum absolute atomic E-state index is 0.0802. The molecule has 0 bridgehead atoms. The van der Waals surface area contributed by atoms with Gasteiger partial charge < -0.3 is 14.2 Å². The van der Waals surface area contributed by atoms with Crippen LogP contribution in [0.1, 0.15) is 361 Å². The van der Waals surface area contributed by atoms with Gasteiger partial charge in [0.2, 0.25) is 0 Å². The normalized spacial score (nSPS) is 12.3. The van der Waals surface area contributed by atoms with Crippen molar-refractivity contribution in [1.29, 1.82) is 0 Å². The highest BCUT2D eigenvalue weighted by atomic mass is 16.6. The number of unbranched alkanes of at least 4 members (excludes halogenated alkanes) is 43. The number of ether oxygens (including phenoxy) is 3. The third kappa shape index (κ3) is 62.2. The van der Waals surface area contributed by atoms with Crippen molar-refractivity contribution in [3.05, 3.63) is 48.6 Å². The van der Waals surface area contributed by atoms with Crippen molar-refractivity contribution in [3.8, 4) is 0 Å². The second-order valence-corrected chi connectivity index (χ2v) is 22.7. The Bertz CT molecular complexity index is 1310. The fourth-order valence-electron chi connectivity index (χ4n) is 9.96. The Morgan fingerprint density at radius 2 is 0.487 bits per heavy atom. The molecule has 0 fully saturated rings. The van der Waals surface area contributed by atoms with Gasteiger partial charge in [-0.3, -0.25) is 14.4 Å². The Kier molecular flexibility index (Phi) is 62.6. The maximum Gasteiger partial charge on any atom is 0.306 e. The van der Waals surface area contributed by atoms with Crippen molar-refractivity contribution in [1.82, 2.24) is 0 Å². The van der Waals surface area contributed by atoms with Gasteiger partial charge in [0.15, 0.2) is 6.10 Å². The average Bonchev–Trinajstić information content (AvgIpc) is 3.42. The van der Waals surface area contributed by atoms with Gasteiger partial charge in [0, 0.05) is 19.3 Å². The van der Waals surface area contributed by atoms with Crippen LogP contribution in [0.25, 0.3) is 0 Å². The highest BCUT2D eigenvalue weighted by Gasteiger charge is 2.19. The van der Waals surface area contributed by atoms with E-state index < -0.39 is 6.10 Å². The Hall–Kier alpha value is -2.63. The molecule has 0 saturated heterocycles. The topological polar surface area (TPSA) is 78.9 Å². The quantitative estimate of drug-likeness (QED) is 0.0261. The summed E-state index contributed by atoms with van der Waals surface area (Å²) in [6.45, 7) is 6.60. The second-order valence-electron chi connectivity index (χ2n) is 22.7. The number of allylic oxidation sites excluding steroid dienone is 8. The molecule has 1 unspecified atom stereocenters. The van der Waals surface area contributed by atoms with Crippen molar-refractivity contribution >= 4 is 17.9 Å². The first-order valence-corrected chi connectivity index (χ1v) is 33.6. The van der Waals surface area contributed by atoms with Crippen molar-refractivity contribution < 1.29 is 28.6 Å².